The van der Waals surface area contributed by atoms with Gasteiger partial charge >= 0.3 is 11.9 Å². The van der Waals surface area contributed by atoms with Crippen LogP contribution in [0.3, 0.4) is 0 Å². The maximum atomic E-state index is 12.7. The lowest BCUT2D eigenvalue weighted by Gasteiger charge is -2.62. The van der Waals surface area contributed by atoms with E-state index in [2.05, 4.69) is 20.8 Å². The SMILES string of the molecule is COC(=O)CC[C@@H](C)[C@H]1CC[C@H]2[C@@H]3CC[C@@H]4C[C@H](OC(=O)C[N+](C)(C)CCO)CC[C@]4(C)[C@H]3C[C@H](O)[C@]12C. The summed E-state index contributed by atoms with van der Waals surface area (Å²) in [7, 11) is 5.36. The van der Waals surface area contributed by atoms with E-state index in [1.165, 1.54) is 26.4 Å². The Morgan fingerprint density at radius 2 is 1.76 bits per heavy atom. The Bertz CT molecular complexity index is 861. The second kappa shape index (κ2) is 11.4. The van der Waals surface area contributed by atoms with Gasteiger partial charge in [-0.1, -0.05) is 20.8 Å². The number of ether oxygens (including phenoxy) is 2. The van der Waals surface area contributed by atoms with E-state index in [1.807, 2.05) is 14.1 Å². The standard InChI is InChI=1S/C31H54NO6/c1-20(7-12-28(35)37-6)24-10-11-25-23-9-8-21-17-22(38-29(36)19-32(4,5)15-16-33)13-14-30(21,2)26(23)18-27(34)31(24,25)3/h20-27,33-34H,7-19H2,1-6H3/q+1/t20-,21-,22-,23+,24-,25+,26+,27+,30+,31-/m1/s1. The molecule has 0 saturated heterocycles. The molecule has 38 heavy (non-hydrogen) atoms. The first-order valence-corrected chi connectivity index (χ1v) is 15.2. The fourth-order valence-corrected chi connectivity index (χ4v) is 9.82. The zero-order valence-corrected chi connectivity index (χ0v) is 24.8. The Hall–Kier alpha value is -1.18. The van der Waals surface area contributed by atoms with E-state index < -0.39 is 0 Å². The van der Waals surface area contributed by atoms with Gasteiger partial charge in [0, 0.05) is 6.42 Å². The Labute approximate surface area is 230 Å². The van der Waals surface area contributed by atoms with Crippen LogP contribution in [0.25, 0.3) is 0 Å². The molecule has 0 aromatic rings. The number of hydrogen-bond donors (Lipinski definition) is 2. The molecule has 10 atom stereocenters. The number of carbonyl (C=O) groups excluding carboxylic acids is 2. The summed E-state index contributed by atoms with van der Waals surface area (Å²) in [5.41, 5.74) is 0.112. The van der Waals surface area contributed by atoms with Crippen molar-refractivity contribution in [1.29, 1.82) is 0 Å². The molecule has 4 aliphatic rings. The summed E-state index contributed by atoms with van der Waals surface area (Å²) in [5.74, 6) is 2.79. The minimum Gasteiger partial charge on any atom is -0.469 e. The van der Waals surface area contributed by atoms with Crippen LogP contribution in [0, 0.1) is 46.3 Å². The maximum Gasteiger partial charge on any atom is 0.362 e. The summed E-state index contributed by atoms with van der Waals surface area (Å²) >= 11 is 0. The van der Waals surface area contributed by atoms with Gasteiger partial charge in [-0.05, 0) is 104 Å². The van der Waals surface area contributed by atoms with Crippen molar-refractivity contribution in [3.05, 3.63) is 0 Å². The third-order valence-electron chi connectivity index (χ3n) is 12.1. The predicted molar refractivity (Wildman–Crippen MR) is 146 cm³/mol. The van der Waals surface area contributed by atoms with Crippen molar-refractivity contribution < 1.29 is 33.8 Å². The monoisotopic (exact) mass is 536 g/mol. The first-order valence-electron chi connectivity index (χ1n) is 15.2. The Morgan fingerprint density at radius 3 is 2.45 bits per heavy atom. The quantitative estimate of drug-likeness (QED) is 0.339. The number of methoxy groups -OCH3 is 1. The molecule has 0 radical (unpaired) electrons. The van der Waals surface area contributed by atoms with Crippen LogP contribution in [0.1, 0.15) is 85.0 Å². The van der Waals surface area contributed by atoms with Gasteiger partial charge < -0.3 is 24.2 Å². The van der Waals surface area contributed by atoms with Crippen LogP contribution in [0.15, 0.2) is 0 Å². The molecule has 4 saturated carbocycles. The van der Waals surface area contributed by atoms with E-state index in [0.29, 0.717) is 53.0 Å². The molecular weight excluding hydrogens is 482 g/mol. The fourth-order valence-electron chi connectivity index (χ4n) is 9.82. The molecule has 4 aliphatic carbocycles. The third-order valence-corrected chi connectivity index (χ3v) is 12.1. The third kappa shape index (κ3) is 5.54. The van der Waals surface area contributed by atoms with Crippen LogP contribution in [-0.4, -0.2) is 79.7 Å². The molecule has 2 N–H and O–H groups in total. The zero-order valence-electron chi connectivity index (χ0n) is 24.8. The molecule has 0 aliphatic heterocycles. The molecule has 0 heterocycles. The number of aliphatic hydroxyl groups excluding tert-OH is 2. The number of nitrogens with zero attached hydrogens (tertiary/aromatic N) is 1. The van der Waals surface area contributed by atoms with Crippen molar-refractivity contribution in [3.8, 4) is 0 Å². The number of aliphatic hydroxyl groups is 2. The second-order valence-electron chi connectivity index (χ2n) is 14.5. The number of carbonyl (C=O) groups is 2. The van der Waals surface area contributed by atoms with Crippen LogP contribution >= 0.6 is 0 Å². The molecule has 0 spiro atoms. The van der Waals surface area contributed by atoms with Gasteiger partial charge in [-0.2, -0.15) is 0 Å². The van der Waals surface area contributed by atoms with E-state index >= 15 is 0 Å². The topological polar surface area (TPSA) is 93.1 Å². The minimum atomic E-state index is -0.306. The van der Waals surface area contributed by atoms with Gasteiger partial charge in [-0.15, -0.1) is 0 Å². The highest BCUT2D eigenvalue weighted by Crippen LogP contribution is 2.68. The summed E-state index contributed by atoms with van der Waals surface area (Å²) in [6, 6.07) is 0. The van der Waals surface area contributed by atoms with Crippen molar-refractivity contribution in [2.75, 3.05) is 40.9 Å². The Kier molecular flexibility index (Phi) is 8.91. The summed E-state index contributed by atoms with van der Waals surface area (Å²) in [5, 5.41) is 21.0. The first-order chi connectivity index (χ1) is 17.9. The van der Waals surface area contributed by atoms with Crippen molar-refractivity contribution in [2.45, 2.75) is 97.2 Å². The molecular formula is C31H54NO6+. The second-order valence-corrected chi connectivity index (χ2v) is 14.5. The van der Waals surface area contributed by atoms with Gasteiger partial charge in [0.05, 0.1) is 33.9 Å². The average molecular weight is 537 g/mol. The van der Waals surface area contributed by atoms with E-state index in [1.54, 1.807) is 0 Å². The van der Waals surface area contributed by atoms with Crippen LogP contribution in [0.5, 0.6) is 0 Å². The highest BCUT2D eigenvalue weighted by molar-refractivity contribution is 5.70. The van der Waals surface area contributed by atoms with Crippen LogP contribution in [0.2, 0.25) is 0 Å². The average Bonchev–Trinajstić information content (AvgIpc) is 3.21. The zero-order chi connectivity index (χ0) is 27.9. The van der Waals surface area contributed by atoms with Crippen molar-refractivity contribution in [3.63, 3.8) is 0 Å². The minimum absolute atomic E-state index is 0.0171. The molecule has 7 heteroatoms. The van der Waals surface area contributed by atoms with Crippen molar-refractivity contribution in [2.24, 2.45) is 46.3 Å². The van der Waals surface area contributed by atoms with Gasteiger partial charge in [-0.3, -0.25) is 4.79 Å². The van der Waals surface area contributed by atoms with Gasteiger partial charge in [0.2, 0.25) is 0 Å². The van der Waals surface area contributed by atoms with E-state index in [9.17, 15) is 19.8 Å². The number of likely N-dealkylation sites (N-methyl/N-ethyl adjacent to an activating group) is 1. The van der Waals surface area contributed by atoms with E-state index in [0.717, 1.165) is 38.5 Å². The molecule has 218 valence electrons. The summed E-state index contributed by atoms with van der Waals surface area (Å²) in [6.45, 7) is 7.98. The molecule has 4 fully saturated rings. The molecule has 0 aromatic heterocycles. The van der Waals surface area contributed by atoms with Crippen LogP contribution in [-0.2, 0) is 19.1 Å². The molecule has 0 amide bonds. The van der Waals surface area contributed by atoms with Crippen LogP contribution in [0.4, 0.5) is 0 Å². The number of rotatable bonds is 9. The molecule has 0 bridgehead atoms. The van der Waals surface area contributed by atoms with E-state index in [4.69, 9.17) is 9.47 Å². The largest absolute Gasteiger partial charge is 0.469 e. The Balaban J connectivity index is 1.41. The first kappa shape index (κ1) is 29.8. The normalized spacial score (nSPS) is 41.4. The number of fused-ring (bicyclic) bond motifs is 5. The number of quaternary nitrogens is 1. The summed E-state index contributed by atoms with van der Waals surface area (Å²) < 4.78 is 11.3. The fraction of sp³-hybridized carbons (Fsp3) is 0.935. The molecule has 0 aromatic carbocycles. The highest BCUT2D eigenvalue weighted by Gasteiger charge is 2.63. The van der Waals surface area contributed by atoms with Gasteiger partial charge in [0.1, 0.15) is 12.6 Å². The molecule has 4 rings (SSSR count). The lowest BCUT2D eigenvalue weighted by Crippen LogP contribution is -2.59. The molecule has 0 unspecified atom stereocenters. The molecule has 7 nitrogen and oxygen atoms in total. The number of hydrogen-bond acceptors (Lipinski definition) is 6. The van der Waals surface area contributed by atoms with Crippen LogP contribution < -0.4 is 0 Å². The van der Waals surface area contributed by atoms with Crippen molar-refractivity contribution >= 4 is 11.9 Å². The Morgan fingerprint density at radius 1 is 1.03 bits per heavy atom. The highest BCUT2D eigenvalue weighted by atomic mass is 16.5. The lowest BCUT2D eigenvalue weighted by molar-refractivity contribution is -0.883. The maximum absolute atomic E-state index is 12.7. The van der Waals surface area contributed by atoms with Gasteiger partial charge in [0.15, 0.2) is 6.54 Å². The summed E-state index contributed by atoms with van der Waals surface area (Å²) in [6.07, 6.45) is 9.46. The van der Waals surface area contributed by atoms with E-state index in [-0.39, 0.29) is 48.1 Å². The number of esters is 2. The van der Waals surface area contributed by atoms with Crippen molar-refractivity contribution in [1.82, 2.24) is 0 Å². The smallest absolute Gasteiger partial charge is 0.362 e. The lowest BCUT2D eigenvalue weighted by atomic mass is 9.43. The van der Waals surface area contributed by atoms with Gasteiger partial charge in [0.25, 0.3) is 0 Å². The summed E-state index contributed by atoms with van der Waals surface area (Å²) in [4.78, 5) is 24.5. The predicted octanol–water partition coefficient (Wildman–Crippen LogP) is 4.19. The van der Waals surface area contributed by atoms with Gasteiger partial charge in [-0.25, -0.2) is 4.79 Å².